The van der Waals surface area contributed by atoms with Crippen LogP contribution in [0.25, 0.3) is 0 Å². The zero-order valence-corrected chi connectivity index (χ0v) is 19.1. The molecule has 0 spiro atoms. The van der Waals surface area contributed by atoms with E-state index in [4.69, 9.17) is 0 Å². The molecule has 0 atom stereocenters. The fourth-order valence-corrected chi connectivity index (χ4v) is 3.57. The molecular formula is C25H31N5O2. The number of hydrogen-bond acceptors (Lipinski definition) is 3. The number of hydrogen-bond donors (Lipinski definition) is 3. The average molecular weight is 434 g/mol. The van der Waals surface area contributed by atoms with Crippen molar-refractivity contribution in [3.63, 3.8) is 0 Å². The molecule has 2 aromatic carbocycles. The highest BCUT2D eigenvalue weighted by Gasteiger charge is 2.14. The van der Waals surface area contributed by atoms with Crippen molar-refractivity contribution in [1.29, 1.82) is 0 Å². The van der Waals surface area contributed by atoms with Crippen LogP contribution in [0.15, 0.2) is 54.6 Å². The summed E-state index contributed by atoms with van der Waals surface area (Å²) in [5.74, 6) is 0.436. The summed E-state index contributed by atoms with van der Waals surface area (Å²) in [5, 5.41) is 13.1. The quantitative estimate of drug-likeness (QED) is 0.446. The summed E-state index contributed by atoms with van der Waals surface area (Å²) in [6.07, 6.45) is 1.00. The molecule has 7 heteroatoms. The van der Waals surface area contributed by atoms with Crippen LogP contribution in [0.3, 0.4) is 0 Å². The molecule has 168 valence electrons. The predicted molar refractivity (Wildman–Crippen MR) is 129 cm³/mol. The van der Waals surface area contributed by atoms with Crippen LogP contribution in [-0.2, 0) is 17.8 Å². The van der Waals surface area contributed by atoms with Crippen molar-refractivity contribution in [3.05, 3.63) is 71.5 Å². The number of para-hydroxylation sites is 1. The van der Waals surface area contributed by atoms with Gasteiger partial charge in [-0.3, -0.25) is 9.48 Å². The van der Waals surface area contributed by atoms with Crippen molar-refractivity contribution in [3.8, 4) is 0 Å². The minimum Gasteiger partial charge on any atom is -0.326 e. The summed E-state index contributed by atoms with van der Waals surface area (Å²) in [6.45, 7) is 9.25. The van der Waals surface area contributed by atoms with Gasteiger partial charge in [0.1, 0.15) is 0 Å². The largest absolute Gasteiger partial charge is 0.326 e. The van der Waals surface area contributed by atoms with Crippen molar-refractivity contribution >= 4 is 29.0 Å². The summed E-state index contributed by atoms with van der Waals surface area (Å²) in [4.78, 5) is 24.7. The Morgan fingerprint density at radius 3 is 2.22 bits per heavy atom. The highest BCUT2D eigenvalue weighted by Crippen LogP contribution is 2.19. The maximum atomic E-state index is 12.5. The van der Waals surface area contributed by atoms with Crippen LogP contribution in [0.2, 0.25) is 0 Å². The van der Waals surface area contributed by atoms with Gasteiger partial charge >= 0.3 is 6.03 Å². The number of aromatic nitrogens is 2. The molecule has 0 fully saturated rings. The van der Waals surface area contributed by atoms with Gasteiger partial charge in [0.25, 0.3) is 0 Å². The molecule has 0 unspecified atom stereocenters. The number of carbonyl (C=O) groups is 2. The van der Waals surface area contributed by atoms with Gasteiger partial charge in [0.05, 0.1) is 5.69 Å². The normalized spacial score (nSPS) is 10.8. The summed E-state index contributed by atoms with van der Waals surface area (Å²) >= 11 is 0. The standard InChI is InChI=1S/C25H31N5O2/c1-17(2)16-30-19(4)23(18(3)29-30)13-14-24(31)26-21-11-8-12-22(15-21)28-25(32)27-20-9-6-5-7-10-20/h5-12,15,17H,13-14,16H2,1-4H3,(H,26,31)(H2,27,28,32). The Hall–Kier alpha value is -3.61. The highest BCUT2D eigenvalue weighted by atomic mass is 16.2. The number of amides is 3. The number of urea groups is 1. The van der Waals surface area contributed by atoms with Crippen molar-refractivity contribution < 1.29 is 9.59 Å². The molecule has 3 rings (SSSR count). The number of nitrogens with one attached hydrogen (secondary N) is 3. The number of benzene rings is 2. The fraction of sp³-hybridized carbons (Fsp3) is 0.320. The van der Waals surface area contributed by atoms with Crippen LogP contribution < -0.4 is 16.0 Å². The molecule has 1 aromatic heterocycles. The Morgan fingerprint density at radius 1 is 0.906 bits per heavy atom. The number of carbonyl (C=O) groups excluding carboxylic acids is 2. The van der Waals surface area contributed by atoms with Gasteiger partial charge in [-0.15, -0.1) is 0 Å². The van der Waals surface area contributed by atoms with Crippen molar-refractivity contribution in [2.24, 2.45) is 5.92 Å². The minimum atomic E-state index is -0.343. The van der Waals surface area contributed by atoms with Crippen LogP contribution >= 0.6 is 0 Å². The summed E-state index contributed by atoms with van der Waals surface area (Å²) < 4.78 is 2.03. The molecule has 0 bridgehead atoms. The van der Waals surface area contributed by atoms with Crippen LogP contribution in [-0.4, -0.2) is 21.7 Å². The van der Waals surface area contributed by atoms with E-state index < -0.39 is 0 Å². The smallest absolute Gasteiger partial charge is 0.323 e. The average Bonchev–Trinajstić information content (AvgIpc) is 2.99. The lowest BCUT2D eigenvalue weighted by Gasteiger charge is -2.10. The lowest BCUT2D eigenvalue weighted by Crippen LogP contribution is -2.19. The second kappa shape index (κ2) is 10.6. The molecule has 7 nitrogen and oxygen atoms in total. The lowest BCUT2D eigenvalue weighted by molar-refractivity contribution is -0.116. The Labute approximate surface area is 189 Å². The molecule has 0 saturated carbocycles. The number of nitrogens with zero attached hydrogens (tertiary/aromatic N) is 2. The molecular weight excluding hydrogens is 402 g/mol. The second-order valence-corrected chi connectivity index (χ2v) is 8.30. The van der Waals surface area contributed by atoms with E-state index in [9.17, 15) is 9.59 Å². The monoisotopic (exact) mass is 433 g/mol. The molecule has 0 aliphatic heterocycles. The van der Waals surface area contributed by atoms with Gasteiger partial charge in [0, 0.05) is 35.7 Å². The van der Waals surface area contributed by atoms with E-state index in [2.05, 4.69) is 41.8 Å². The van der Waals surface area contributed by atoms with Gasteiger partial charge in [-0.2, -0.15) is 5.10 Å². The first-order valence-corrected chi connectivity index (χ1v) is 10.9. The lowest BCUT2D eigenvalue weighted by atomic mass is 10.1. The third-order valence-corrected chi connectivity index (χ3v) is 5.11. The molecule has 1 heterocycles. The van der Waals surface area contributed by atoms with Gasteiger partial charge in [0.15, 0.2) is 0 Å². The molecule has 0 aliphatic rings. The van der Waals surface area contributed by atoms with E-state index >= 15 is 0 Å². The molecule has 0 radical (unpaired) electrons. The first kappa shape index (κ1) is 23.1. The topological polar surface area (TPSA) is 88.1 Å². The highest BCUT2D eigenvalue weighted by molar-refractivity contribution is 6.00. The third kappa shape index (κ3) is 6.44. The minimum absolute atomic E-state index is 0.0775. The van der Waals surface area contributed by atoms with Crippen LogP contribution in [0.1, 0.15) is 37.2 Å². The number of rotatable bonds is 8. The van der Waals surface area contributed by atoms with Gasteiger partial charge in [-0.25, -0.2) is 4.79 Å². The van der Waals surface area contributed by atoms with E-state index in [0.29, 0.717) is 35.8 Å². The molecule has 0 saturated heterocycles. The zero-order chi connectivity index (χ0) is 23.1. The maximum Gasteiger partial charge on any atom is 0.323 e. The van der Waals surface area contributed by atoms with Crippen LogP contribution in [0.4, 0.5) is 21.9 Å². The Kier molecular flexibility index (Phi) is 7.65. The van der Waals surface area contributed by atoms with Crippen LogP contribution in [0, 0.1) is 19.8 Å². The van der Waals surface area contributed by atoms with Crippen molar-refractivity contribution in [2.45, 2.75) is 47.1 Å². The summed E-state index contributed by atoms with van der Waals surface area (Å²) in [7, 11) is 0. The molecule has 3 aromatic rings. The Balaban J connectivity index is 1.55. The van der Waals surface area contributed by atoms with Crippen LogP contribution in [0.5, 0.6) is 0 Å². The van der Waals surface area contributed by atoms with Gasteiger partial charge in [0.2, 0.25) is 5.91 Å². The van der Waals surface area contributed by atoms with E-state index in [1.807, 2.05) is 41.9 Å². The van der Waals surface area contributed by atoms with E-state index in [1.54, 1.807) is 24.3 Å². The van der Waals surface area contributed by atoms with Crippen molar-refractivity contribution in [2.75, 3.05) is 16.0 Å². The van der Waals surface area contributed by atoms with E-state index in [1.165, 1.54) is 0 Å². The number of aryl methyl sites for hydroxylation is 1. The Bertz CT molecular complexity index is 1070. The fourth-order valence-electron chi connectivity index (χ4n) is 3.57. The predicted octanol–water partition coefficient (Wildman–Crippen LogP) is 5.37. The van der Waals surface area contributed by atoms with Crippen molar-refractivity contribution in [1.82, 2.24) is 9.78 Å². The molecule has 32 heavy (non-hydrogen) atoms. The van der Waals surface area contributed by atoms with E-state index in [-0.39, 0.29) is 11.9 Å². The van der Waals surface area contributed by atoms with Gasteiger partial charge in [-0.05, 0) is 62.1 Å². The maximum absolute atomic E-state index is 12.5. The molecule has 3 amide bonds. The van der Waals surface area contributed by atoms with Gasteiger partial charge in [-0.1, -0.05) is 38.1 Å². The summed E-state index contributed by atoms with van der Waals surface area (Å²) in [5.41, 5.74) is 5.17. The second-order valence-electron chi connectivity index (χ2n) is 8.30. The SMILES string of the molecule is Cc1nn(CC(C)C)c(C)c1CCC(=O)Nc1cccc(NC(=O)Nc2ccccc2)c1. The first-order valence-electron chi connectivity index (χ1n) is 10.9. The number of anilines is 3. The van der Waals surface area contributed by atoms with E-state index in [0.717, 1.165) is 23.5 Å². The zero-order valence-electron chi connectivity index (χ0n) is 19.1. The molecule has 0 aliphatic carbocycles. The summed E-state index contributed by atoms with van der Waals surface area (Å²) in [6, 6.07) is 16.0. The van der Waals surface area contributed by atoms with Gasteiger partial charge < -0.3 is 16.0 Å². The Morgan fingerprint density at radius 2 is 1.53 bits per heavy atom. The molecule has 3 N–H and O–H groups in total. The third-order valence-electron chi connectivity index (χ3n) is 5.11. The first-order chi connectivity index (χ1) is 15.3.